The average Bonchev–Trinajstić information content (AvgIpc) is 3.08. The molecular weight excluding hydrogens is 332 g/mol. The molecule has 3 rings (SSSR count). The lowest BCUT2D eigenvalue weighted by Crippen LogP contribution is -2.28. The summed E-state index contributed by atoms with van der Waals surface area (Å²) in [6.45, 7) is 6.72. The largest absolute Gasteiger partial charge is 0.507 e. The van der Waals surface area contributed by atoms with Crippen molar-refractivity contribution in [3.63, 3.8) is 0 Å². The van der Waals surface area contributed by atoms with Crippen molar-refractivity contribution in [1.29, 1.82) is 0 Å². The third kappa shape index (κ3) is 4.28. The number of nitrogens with one attached hydrogen (secondary N) is 2. The number of rotatable bonds is 7. The van der Waals surface area contributed by atoms with Gasteiger partial charge in [-0.15, -0.1) is 0 Å². The molecule has 0 aromatic heterocycles. The number of aromatic hydroxyl groups is 1. The minimum absolute atomic E-state index is 0.157. The molecule has 0 amide bonds. The van der Waals surface area contributed by atoms with Crippen LogP contribution in [0.2, 0.25) is 0 Å². The second-order valence-electron chi connectivity index (χ2n) is 6.30. The first-order valence-electron chi connectivity index (χ1n) is 8.46. The molecule has 2 unspecified atom stereocenters. The molecule has 1 aliphatic rings. The van der Waals surface area contributed by atoms with E-state index in [2.05, 4.69) is 17.4 Å². The van der Waals surface area contributed by atoms with Crippen molar-refractivity contribution < 1.29 is 19.3 Å². The van der Waals surface area contributed by atoms with Crippen LogP contribution in [0.25, 0.3) is 0 Å². The van der Waals surface area contributed by atoms with Crippen LogP contribution in [0, 0.1) is 0 Å². The predicted molar refractivity (Wildman–Crippen MR) is 99.7 cm³/mol. The van der Waals surface area contributed by atoms with Crippen molar-refractivity contribution in [1.82, 2.24) is 10.9 Å². The van der Waals surface area contributed by atoms with Gasteiger partial charge < -0.3 is 19.3 Å². The van der Waals surface area contributed by atoms with Crippen LogP contribution < -0.4 is 25.1 Å². The molecule has 2 aromatic rings. The summed E-state index contributed by atoms with van der Waals surface area (Å²) in [4.78, 5) is 0. The van der Waals surface area contributed by atoms with Gasteiger partial charge in [0.15, 0.2) is 0 Å². The topological polar surface area (TPSA) is 72.0 Å². The van der Waals surface area contributed by atoms with Crippen LogP contribution in [0.5, 0.6) is 23.0 Å². The van der Waals surface area contributed by atoms with E-state index in [1.54, 1.807) is 13.2 Å². The molecule has 6 nitrogen and oxygen atoms in total. The predicted octanol–water partition coefficient (Wildman–Crippen LogP) is 2.95. The third-order valence-electron chi connectivity index (χ3n) is 4.08. The molecule has 26 heavy (non-hydrogen) atoms. The van der Waals surface area contributed by atoms with Gasteiger partial charge in [0.1, 0.15) is 35.7 Å². The van der Waals surface area contributed by atoms with E-state index in [0.717, 1.165) is 16.9 Å². The Morgan fingerprint density at radius 2 is 2.00 bits per heavy atom. The minimum Gasteiger partial charge on any atom is -0.507 e. The molecule has 6 heteroatoms. The first kappa shape index (κ1) is 18.1. The van der Waals surface area contributed by atoms with Gasteiger partial charge in [0.25, 0.3) is 0 Å². The van der Waals surface area contributed by atoms with Gasteiger partial charge in [0.2, 0.25) is 0 Å². The molecule has 0 radical (unpaired) electrons. The van der Waals surface area contributed by atoms with Crippen LogP contribution in [-0.2, 0) is 0 Å². The highest BCUT2D eigenvalue weighted by Gasteiger charge is 2.32. The number of methoxy groups -OCH3 is 1. The fourth-order valence-corrected chi connectivity index (χ4v) is 2.80. The monoisotopic (exact) mass is 356 g/mol. The zero-order chi connectivity index (χ0) is 18.5. The fourth-order valence-electron chi connectivity index (χ4n) is 2.80. The van der Waals surface area contributed by atoms with E-state index in [0.29, 0.717) is 24.7 Å². The summed E-state index contributed by atoms with van der Waals surface area (Å²) >= 11 is 0. The quantitative estimate of drug-likeness (QED) is 0.663. The average molecular weight is 356 g/mol. The Kier molecular flexibility index (Phi) is 5.65. The van der Waals surface area contributed by atoms with Crippen LogP contribution in [0.3, 0.4) is 0 Å². The first-order chi connectivity index (χ1) is 12.6. The summed E-state index contributed by atoms with van der Waals surface area (Å²) < 4.78 is 16.9. The number of ether oxygens (including phenoxy) is 3. The maximum atomic E-state index is 10.4. The minimum atomic E-state index is -0.198. The lowest BCUT2D eigenvalue weighted by atomic mass is 10.0. The number of hydrogen-bond acceptors (Lipinski definition) is 6. The van der Waals surface area contributed by atoms with Crippen molar-refractivity contribution in [2.24, 2.45) is 0 Å². The molecule has 0 bridgehead atoms. The summed E-state index contributed by atoms with van der Waals surface area (Å²) in [6.07, 6.45) is -0.185. The van der Waals surface area contributed by atoms with E-state index in [4.69, 9.17) is 14.2 Å². The normalized spacial score (nSPS) is 19.2. The Balaban J connectivity index is 1.74. The molecule has 1 heterocycles. The zero-order valence-electron chi connectivity index (χ0n) is 15.0. The third-order valence-corrected chi connectivity index (χ3v) is 4.08. The highest BCUT2D eigenvalue weighted by molar-refractivity contribution is 5.43. The Morgan fingerprint density at radius 1 is 1.19 bits per heavy atom. The van der Waals surface area contributed by atoms with Gasteiger partial charge in [-0.25, -0.2) is 5.43 Å². The van der Waals surface area contributed by atoms with Crippen molar-refractivity contribution >= 4 is 0 Å². The molecule has 0 spiro atoms. The van der Waals surface area contributed by atoms with E-state index in [-0.39, 0.29) is 17.9 Å². The molecule has 0 saturated carbocycles. The molecule has 1 saturated heterocycles. The maximum absolute atomic E-state index is 10.4. The smallest absolute Gasteiger partial charge is 0.133 e. The molecule has 2 aromatic carbocycles. The van der Waals surface area contributed by atoms with Crippen LogP contribution in [0.1, 0.15) is 18.5 Å². The Morgan fingerprint density at radius 3 is 2.73 bits per heavy atom. The summed E-state index contributed by atoms with van der Waals surface area (Å²) in [5, 5.41) is 10.4. The summed E-state index contributed by atoms with van der Waals surface area (Å²) in [6, 6.07) is 12.6. The molecule has 138 valence electrons. The lowest BCUT2D eigenvalue weighted by Gasteiger charge is -2.21. The van der Waals surface area contributed by atoms with E-state index in [1.165, 1.54) is 0 Å². The number of hydrogen-bond donors (Lipinski definition) is 3. The Bertz CT molecular complexity index is 778. The molecule has 3 N–H and O–H groups in total. The van der Waals surface area contributed by atoms with Crippen molar-refractivity contribution in [2.45, 2.75) is 19.1 Å². The summed E-state index contributed by atoms with van der Waals surface area (Å²) in [5.41, 5.74) is 7.91. The highest BCUT2D eigenvalue weighted by atomic mass is 16.5. The van der Waals surface area contributed by atoms with Crippen molar-refractivity contribution in [3.05, 3.63) is 60.2 Å². The first-order valence-corrected chi connectivity index (χ1v) is 8.46. The van der Waals surface area contributed by atoms with E-state index < -0.39 is 0 Å². The number of phenols is 1. The zero-order valence-corrected chi connectivity index (χ0v) is 15.0. The van der Waals surface area contributed by atoms with Crippen molar-refractivity contribution in [2.75, 3.05) is 20.3 Å². The van der Waals surface area contributed by atoms with E-state index in [1.807, 2.05) is 43.3 Å². The molecule has 0 aliphatic carbocycles. The fraction of sp³-hybridized carbons (Fsp3) is 0.300. The summed E-state index contributed by atoms with van der Waals surface area (Å²) in [7, 11) is 1.62. The van der Waals surface area contributed by atoms with Gasteiger partial charge in [-0.3, -0.25) is 5.43 Å². The number of benzene rings is 2. The van der Waals surface area contributed by atoms with Crippen LogP contribution in [-0.4, -0.2) is 31.5 Å². The summed E-state index contributed by atoms with van der Waals surface area (Å²) in [5.74, 6) is 2.21. The Labute approximate surface area is 153 Å². The van der Waals surface area contributed by atoms with Crippen molar-refractivity contribution in [3.8, 4) is 23.0 Å². The Hall–Kier alpha value is -2.70. The lowest BCUT2D eigenvalue weighted by molar-refractivity contribution is 0.195. The maximum Gasteiger partial charge on any atom is 0.133 e. The molecule has 1 aliphatic heterocycles. The SMILES string of the molecule is C=C(C)COc1ccc(C2NNCC2Oc2cccc(OC)c2)c(O)c1. The van der Waals surface area contributed by atoms with Gasteiger partial charge in [0, 0.05) is 24.2 Å². The van der Waals surface area contributed by atoms with E-state index >= 15 is 0 Å². The van der Waals surface area contributed by atoms with Crippen LogP contribution in [0.4, 0.5) is 0 Å². The molecule has 1 fully saturated rings. The van der Waals surface area contributed by atoms with Gasteiger partial charge in [-0.05, 0) is 36.8 Å². The van der Waals surface area contributed by atoms with Gasteiger partial charge >= 0.3 is 0 Å². The van der Waals surface area contributed by atoms with E-state index in [9.17, 15) is 5.11 Å². The van der Waals surface area contributed by atoms with Gasteiger partial charge in [0.05, 0.1) is 13.2 Å². The molecular formula is C20H24N2O4. The molecule has 2 atom stereocenters. The van der Waals surface area contributed by atoms with Gasteiger partial charge in [-0.2, -0.15) is 0 Å². The number of hydrazine groups is 1. The second kappa shape index (κ2) is 8.12. The van der Waals surface area contributed by atoms with Crippen LogP contribution >= 0.6 is 0 Å². The number of phenolic OH excluding ortho intramolecular Hbond substituents is 1. The standard InChI is InChI=1S/C20H24N2O4/c1-13(2)12-25-15-7-8-17(18(23)10-15)20-19(11-21-22-20)26-16-6-4-5-14(9-16)24-3/h4-10,19-23H,1,11-12H2,2-3H3. The van der Waals surface area contributed by atoms with Crippen LogP contribution in [0.15, 0.2) is 54.6 Å². The van der Waals surface area contributed by atoms with Gasteiger partial charge in [-0.1, -0.05) is 12.6 Å². The second-order valence-corrected chi connectivity index (χ2v) is 6.30. The highest BCUT2D eigenvalue weighted by Crippen LogP contribution is 2.33.